The lowest BCUT2D eigenvalue weighted by Crippen LogP contribution is -2.55. The summed E-state index contributed by atoms with van der Waals surface area (Å²) in [6, 6.07) is 0.105. The van der Waals surface area contributed by atoms with Crippen molar-refractivity contribution in [3.8, 4) is 0 Å². The first kappa shape index (κ1) is 31.5. The zero-order valence-electron chi connectivity index (χ0n) is 26.4. The van der Waals surface area contributed by atoms with Gasteiger partial charge in [-0.3, -0.25) is 19.5 Å². The summed E-state index contributed by atoms with van der Waals surface area (Å²) in [5.74, 6) is -0.528. The quantitative estimate of drug-likeness (QED) is 0.457. The van der Waals surface area contributed by atoms with E-state index in [1.54, 1.807) is 4.68 Å². The number of aromatic nitrogens is 3. The van der Waals surface area contributed by atoms with Crippen molar-refractivity contribution in [1.29, 1.82) is 0 Å². The number of likely N-dealkylation sites (N-methyl/N-ethyl adjacent to an activating group) is 1. The van der Waals surface area contributed by atoms with Crippen molar-refractivity contribution in [1.82, 2.24) is 24.6 Å². The number of nitrogen functional groups attached to an aromatic ring is 1. The van der Waals surface area contributed by atoms with Gasteiger partial charge >= 0.3 is 0 Å². The first-order valence-corrected chi connectivity index (χ1v) is 16.7. The normalized spacial score (nSPS) is 23.7. The molecule has 246 valence electrons. The molecule has 1 unspecified atom stereocenters. The summed E-state index contributed by atoms with van der Waals surface area (Å²) in [5.41, 5.74) is 6.16. The van der Waals surface area contributed by atoms with Gasteiger partial charge < -0.3 is 26.2 Å². The number of nitrogens with two attached hydrogens (primary N) is 1. The summed E-state index contributed by atoms with van der Waals surface area (Å²) in [5, 5.41) is 10.5. The van der Waals surface area contributed by atoms with Crippen LogP contribution in [0.15, 0.2) is 12.4 Å². The highest BCUT2D eigenvalue weighted by atomic mass is 19.1. The van der Waals surface area contributed by atoms with E-state index in [-0.39, 0.29) is 41.2 Å². The minimum atomic E-state index is -1.16. The Morgan fingerprint density at radius 2 is 1.69 bits per heavy atom. The molecule has 1 spiro atoms. The second-order valence-electron chi connectivity index (χ2n) is 13.3. The van der Waals surface area contributed by atoms with Crippen molar-refractivity contribution >= 4 is 34.8 Å². The summed E-state index contributed by atoms with van der Waals surface area (Å²) in [7, 11) is 1.95. The molecule has 6 rings (SSSR count). The number of rotatable bonds is 4. The van der Waals surface area contributed by atoms with Gasteiger partial charge in [-0.05, 0) is 32.7 Å². The molecule has 2 saturated heterocycles. The number of fused-ring (bicyclic) bond motifs is 2. The number of nitrogens with one attached hydrogen (secondary N) is 2. The Kier molecular flexibility index (Phi) is 9.44. The molecule has 1 atom stereocenters. The van der Waals surface area contributed by atoms with E-state index in [0.29, 0.717) is 57.7 Å². The van der Waals surface area contributed by atoms with Crippen molar-refractivity contribution in [2.75, 3.05) is 67.6 Å². The number of anilines is 4. The van der Waals surface area contributed by atoms with E-state index < -0.39 is 23.4 Å². The standard InChI is InChI=1S/C32H47F2N9O2/c1-40-16-17-42(26(44)21-40)22-10-14-41(15-11-22)28-23(33)18-36-19-24(28)38-31(45)27-29(35)39-43-30(27)37-20-25(34)32(43)12-8-6-4-2-3-5-7-9-13-32/h18-19,22,25,37H,2-17,20-21H2,1H3,(H2,35,39)(H,38,45). The Hall–Kier alpha value is -3.48. The van der Waals surface area contributed by atoms with Gasteiger partial charge in [-0.15, -0.1) is 0 Å². The average molecular weight is 628 g/mol. The van der Waals surface area contributed by atoms with Crippen LogP contribution < -0.4 is 21.3 Å². The van der Waals surface area contributed by atoms with Crippen LogP contribution >= 0.6 is 0 Å². The Balaban J connectivity index is 1.22. The molecular weight excluding hydrogens is 580 g/mol. The minimum absolute atomic E-state index is 0.0151. The fraction of sp³-hybridized carbons (Fsp3) is 0.688. The predicted molar refractivity (Wildman–Crippen MR) is 171 cm³/mol. The van der Waals surface area contributed by atoms with Crippen molar-refractivity contribution in [2.24, 2.45) is 0 Å². The van der Waals surface area contributed by atoms with E-state index in [4.69, 9.17) is 5.73 Å². The molecule has 4 N–H and O–H groups in total. The van der Waals surface area contributed by atoms with Crippen LogP contribution in [0.25, 0.3) is 0 Å². The van der Waals surface area contributed by atoms with Crippen LogP contribution in [0.3, 0.4) is 0 Å². The van der Waals surface area contributed by atoms with Gasteiger partial charge in [-0.25, -0.2) is 13.5 Å². The van der Waals surface area contributed by atoms with Crippen LogP contribution in [0.1, 0.15) is 87.4 Å². The van der Waals surface area contributed by atoms with Crippen LogP contribution in [0.4, 0.5) is 31.8 Å². The highest BCUT2D eigenvalue weighted by molar-refractivity contribution is 6.12. The molecule has 3 fully saturated rings. The maximum absolute atomic E-state index is 15.9. The van der Waals surface area contributed by atoms with Gasteiger partial charge in [0.05, 0.1) is 30.2 Å². The highest BCUT2D eigenvalue weighted by Crippen LogP contribution is 2.43. The smallest absolute Gasteiger partial charge is 0.263 e. The maximum atomic E-state index is 15.9. The fourth-order valence-electron chi connectivity index (χ4n) is 7.84. The van der Waals surface area contributed by atoms with E-state index in [1.807, 2.05) is 21.7 Å². The topological polar surface area (TPSA) is 125 Å². The van der Waals surface area contributed by atoms with E-state index in [9.17, 15) is 9.59 Å². The summed E-state index contributed by atoms with van der Waals surface area (Å²) in [4.78, 5) is 36.4. The van der Waals surface area contributed by atoms with Crippen molar-refractivity contribution in [3.05, 3.63) is 23.8 Å². The van der Waals surface area contributed by atoms with Crippen LogP contribution in [0.2, 0.25) is 0 Å². The second-order valence-corrected chi connectivity index (χ2v) is 13.3. The predicted octanol–water partition coefficient (Wildman–Crippen LogP) is 4.37. The van der Waals surface area contributed by atoms with E-state index in [2.05, 4.69) is 20.7 Å². The molecule has 11 nitrogen and oxygen atoms in total. The van der Waals surface area contributed by atoms with Gasteiger partial charge in [0.25, 0.3) is 5.91 Å². The molecule has 2 aromatic heterocycles. The van der Waals surface area contributed by atoms with Gasteiger partial charge in [0, 0.05) is 38.8 Å². The summed E-state index contributed by atoms with van der Waals surface area (Å²) in [6.45, 7) is 3.08. The monoisotopic (exact) mass is 627 g/mol. The Morgan fingerprint density at radius 3 is 2.36 bits per heavy atom. The summed E-state index contributed by atoms with van der Waals surface area (Å²) < 4.78 is 32.9. The zero-order valence-corrected chi connectivity index (χ0v) is 26.4. The summed E-state index contributed by atoms with van der Waals surface area (Å²) >= 11 is 0. The third-order valence-corrected chi connectivity index (χ3v) is 10.4. The van der Waals surface area contributed by atoms with Crippen molar-refractivity contribution < 1.29 is 18.4 Å². The van der Waals surface area contributed by atoms with Gasteiger partial charge in [0.1, 0.15) is 23.2 Å². The van der Waals surface area contributed by atoms with Crippen molar-refractivity contribution in [3.63, 3.8) is 0 Å². The van der Waals surface area contributed by atoms with E-state index >= 15 is 8.78 Å². The Labute approximate surface area is 263 Å². The first-order valence-electron chi connectivity index (χ1n) is 16.7. The molecule has 0 aromatic carbocycles. The van der Waals surface area contributed by atoms with Crippen LogP contribution in [-0.2, 0) is 10.3 Å². The number of nitrogens with zero attached hydrogens (tertiary/aromatic N) is 6. The molecule has 2 aromatic rings. The molecule has 2 amide bonds. The van der Waals surface area contributed by atoms with E-state index in [1.165, 1.54) is 19.0 Å². The number of hydrogen-bond acceptors (Lipinski definition) is 8. The zero-order chi connectivity index (χ0) is 31.6. The average Bonchev–Trinajstić information content (AvgIpc) is 3.34. The lowest BCUT2D eigenvalue weighted by molar-refractivity contribution is -0.138. The van der Waals surface area contributed by atoms with Crippen LogP contribution in [0.5, 0.6) is 0 Å². The van der Waals surface area contributed by atoms with Gasteiger partial charge in [0.15, 0.2) is 11.6 Å². The van der Waals surface area contributed by atoms with E-state index in [0.717, 1.165) is 51.3 Å². The molecule has 1 aliphatic carbocycles. The third-order valence-electron chi connectivity index (χ3n) is 10.4. The number of hydrogen-bond donors (Lipinski definition) is 3. The van der Waals surface area contributed by atoms with Crippen LogP contribution in [0, 0.1) is 5.82 Å². The van der Waals surface area contributed by atoms with Crippen molar-refractivity contribution in [2.45, 2.75) is 94.8 Å². The lowest BCUT2D eigenvalue weighted by atomic mass is 9.81. The lowest BCUT2D eigenvalue weighted by Gasteiger charge is -2.42. The fourth-order valence-corrected chi connectivity index (χ4v) is 7.84. The molecule has 3 aliphatic heterocycles. The number of carbonyl (C=O) groups excluding carboxylic acids is 2. The third kappa shape index (κ3) is 6.32. The highest BCUT2D eigenvalue weighted by Gasteiger charge is 2.47. The second kappa shape index (κ2) is 13.5. The number of alkyl halides is 1. The number of piperidine rings is 1. The molecular formula is C32H47F2N9O2. The molecule has 13 heteroatoms. The van der Waals surface area contributed by atoms with Gasteiger partial charge in [-0.1, -0.05) is 51.4 Å². The SMILES string of the molecule is CN1CCN(C2CCN(c3c(F)cncc3NC(=O)c3c(N)nn4c3NCC(F)C43CCCCCCCCCC3)CC2)C(=O)C1. The summed E-state index contributed by atoms with van der Waals surface area (Å²) in [6.07, 6.45) is 12.7. The molecule has 5 heterocycles. The Morgan fingerprint density at radius 1 is 1.02 bits per heavy atom. The van der Waals surface area contributed by atoms with Crippen LogP contribution in [-0.4, -0.2) is 94.9 Å². The molecule has 4 aliphatic rings. The molecule has 0 bridgehead atoms. The number of carbonyl (C=O) groups is 2. The first-order chi connectivity index (χ1) is 21.8. The number of halogens is 2. The molecule has 45 heavy (non-hydrogen) atoms. The Bertz CT molecular complexity index is 1360. The number of pyridine rings is 1. The van der Waals surface area contributed by atoms with Gasteiger partial charge in [-0.2, -0.15) is 5.10 Å². The minimum Gasteiger partial charge on any atom is -0.381 e. The molecule has 0 radical (unpaired) electrons. The maximum Gasteiger partial charge on any atom is 0.263 e. The molecule has 1 saturated carbocycles. The number of amides is 2. The van der Waals surface area contributed by atoms with Gasteiger partial charge in [0.2, 0.25) is 5.91 Å². The number of piperazine rings is 1. The largest absolute Gasteiger partial charge is 0.381 e.